The van der Waals surface area contributed by atoms with Crippen LogP contribution in [-0.2, 0) is 0 Å². The lowest BCUT2D eigenvalue weighted by molar-refractivity contribution is 0.499. The Morgan fingerprint density at radius 2 is 1.67 bits per heavy atom. The highest BCUT2D eigenvalue weighted by Gasteiger charge is 2.15. The molecule has 0 unspecified atom stereocenters. The minimum Gasteiger partial charge on any atom is -0.438 e. The zero-order chi connectivity index (χ0) is 11.2. The molecule has 0 radical (unpaired) electrons. The highest BCUT2D eigenvalue weighted by Crippen LogP contribution is 2.26. The second-order valence-corrected chi connectivity index (χ2v) is 4.29. The van der Waals surface area contributed by atoms with Crippen LogP contribution >= 0.6 is 0 Å². The first kappa shape index (κ1) is 10.1. The standard InChI is InChI=1S/C12H16N2O/c1-6(2)12-14-10-7(3)8(4)13-9(5)11(10)15-12/h6H,1-5H3. The predicted octanol–water partition coefficient (Wildman–Crippen LogP) is 3.27. The van der Waals surface area contributed by atoms with Crippen LogP contribution in [0, 0.1) is 20.8 Å². The Bertz CT molecular complexity index is 512. The Morgan fingerprint density at radius 1 is 1.00 bits per heavy atom. The van der Waals surface area contributed by atoms with Gasteiger partial charge in [-0.3, -0.25) is 4.98 Å². The Hall–Kier alpha value is -1.38. The third-order valence-electron chi connectivity index (χ3n) is 2.70. The van der Waals surface area contributed by atoms with Gasteiger partial charge in [0.05, 0.1) is 5.69 Å². The highest BCUT2D eigenvalue weighted by molar-refractivity contribution is 5.79. The van der Waals surface area contributed by atoms with Gasteiger partial charge in [-0.05, 0) is 26.3 Å². The van der Waals surface area contributed by atoms with E-state index in [0.717, 1.165) is 33.9 Å². The SMILES string of the molecule is Cc1nc(C)c2oc(C(C)C)nc2c1C. The largest absolute Gasteiger partial charge is 0.438 e. The van der Waals surface area contributed by atoms with E-state index in [1.165, 1.54) is 0 Å². The fourth-order valence-electron chi connectivity index (χ4n) is 1.64. The van der Waals surface area contributed by atoms with Gasteiger partial charge in [-0.15, -0.1) is 0 Å². The molecule has 0 aliphatic carbocycles. The third-order valence-corrected chi connectivity index (χ3v) is 2.70. The molecule has 0 saturated carbocycles. The minimum absolute atomic E-state index is 0.316. The lowest BCUT2D eigenvalue weighted by Crippen LogP contribution is -1.91. The zero-order valence-electron chi connectivity index (χ0n) is 9.88. The summed E-state index contributed by atoms with van der Waals surface area (Å²) >= 11 is 0. The van der Waals surface area contributed by atoms with E-state index in [1.807, 2.05) is 20.8 Å². The quantitative estimate of drug-likeness (QED) is 0.715. The van der Waals surface area contributed by atoms with Crippen molar-refractivity contribution in [2.75, 3.05) is 0 Å². The van der Waals surface area contributed by atoms with E-state index in [-0.39, 0.29) is 0 Å². The summed E-state index contributed by atoms with van der Waals surface area (Å²) in [6, 6.07) is 0. The van der Waals surface area contributed by atoms with Gasteiger partial charge in [-0.2, -0.15) is 0 Å². The van der Waals surface area contributed by atoms with Crippen molar-refractivity contribution in [3.05, 3.63) is 22.8 Å². The summed E-state index contributed by atoms with van der Waals surface area (Å²) in [7, 11) is 0. The molecule has 15 heavy (non-hydrogen) atoms. The minimum atomic E-state index is 0.316. The summed E-state index contributed by atoms with van der Waals surface area (Å²) in [5, 5.41) is 0. The summed E-state index contributed by atoms with van der Waals surface area (Å²) in [4.78, 5) is 8.97. The van der Waals surface area contributed by atoms with Gasteiger partial charge in [0.1, 0.15) is 5.52 Å². The Kier molecular flexibility index (Phi) is 2.25. The van der Waals surface area contributed by atoms with Gasteiger partial charge >= 0.3 is 0 Å². The van der Waals surface area contributed by atoms with E-state index in [2.05, 4.69) is 23.8 Å². The predicted molar refractivity (Wildman–Crippen MR) is 60.1 cm³/mol. The molecule has 0 aliphatic rings. The molecule has 80 valence electrons. The number of aromatic nitrogens is 2. The summed E-state index contributed by atoms with van der Waals surface area (Å²) in [5.74, 6) is 1.11. The van der Waals surface area contributed by atoms with Crippen LogP contribution in [0.15, 0.2) is 4.42 Å². The van der Waals surface area contributed by atoms with Crippen molar-refractivity contribution < 1.29 is 4.42 Å². The molecule has 0 N–H and O–H groups in total. The molecule has 2 heterocycles. The first-order chi connectivity index (χ1) is 7.00. The third kappa shape index (κ3) is 1.52. The molecular formula is C12H16N2O. The molecule has 0 fully saturated rings. The number of oxazole rings is 1. The zero-order valence-corrected chi connectivity index (χ0v) is 9.88. The van der Waals surface area contributed by atoms with E-state index in [1.54, 1.807) is 0 Å². The summed E-state index contributed by atoms with van der Waals surface area (Å²) in [6.07, 6.45) is 0. The monoisotopic (exact) mass is 204 g/mol. The number of hydrogen-bond acceptors (Lipinski definition) is 3. The van der Waals surface area contributed by atoms with Crippen molar-refractivity contribution in [3.63, 3.8) is 0 Å². The van der Waals surface area contributed by atoms with Crippen LogP contribution in [0.5, 0.6) is 0 Å². The highest BCUT2D eigenvalue weighted by atomic mass is 16.3. The van der Waals surface area contributed by atoms with Crippen molar-refractivity contribution in [1.29, 1.82) is 0 Å². The summed E-state index contributed by atoms with van der Waals surface area (Å²) in [6.45, 7) is 10.2. The average Bonchev–Trinajstić information content (AvgIpc) is 2.59. The van der Waals surface area contributed by atoms with Gasteiger partial charge in [-0.1, -0.05) is 13.8 Å². The fourth-order valence-corrected chi connectivity index (χ4v) is 1.64. The maximum absolute atomic E-state index is 5.72. The van der Waals surface area contributed by atoms with Gasteiger partial charge in [0, 0.05) is 11.6 Å². The maximum atomic E-state index is 5.72. The first-order valence-electron chi connectivity index (χ1n) is 5.25. The molecule has 2 aromatic rings. The lowest BCUT2D eigenvalue weighted by atomic mass is 10.2. The summed E-state index contributed by atoms with van der Waals surface area (Å²) in [5.41, 5.74) is 4.87. The number of aryl methyl sites for hydroxylation is 3. The smallest absolute Gasteiger partial charge is 0.198 e. The second kappa shape index (κ2) is 3.33. The van der Waals surface area contributed by atoms with Gasteiger partial charge in [0.2, 0.25) is 0 Å². The maximum Gasteiger partial charge on any atom is 0.198 e. The van der Waals surface area contributed by atoms with Crippen LogP contribution in [0.3, 0.4) is 0 Å². The molecule has 0 aliphatic heterocycles. The lowest BCUT2D eigenvalue weighted by Gasteiger charge is -2.00. The van der Waals surface area contributed by atoms with Crippen LogP contribution in [-0.4, -0.2) is 9.97 Å². The molecule has 0 spiro atoms. The number of rotatable bonds is 1. The number of pyridine rings is 1. The van der Waals surface area contributed by atoms with Crippen molar-refractivity contribution >= 4 is 11.1 Å². The van der Waals surface area contributed by atoms with Gasteiger partial charge in [0.25, 0.3) is 0 Å². The van der Waals surface area contributed by atoms with Crippen LogP contribution in [0.2, 0.25) is 0 Å². The molecule has 3 heteroatoms. The fraction of sp³-hybridized carbons (Fsp3) is 0.500. The van der Waals surface area contributed by atoms with Crippen LogP contribution in [0.25, 0.3) is 11.1 Å². The van der Waals surface area contributed by atoms with E-state index in [4.69, 9.17) is 4.42 Å². The van der Waals surface area contributed by atoms with Gasteiger partial charge < -0.3 is 4.42 Å². The van der Waals surface area contributed by atoms with Crippen LogP contribution in [0.4, 0.5) is 0 Å². The normalized spacial score (nSPS) is 11.6. The van der Waals surface area contributed by atoms with Crippen LogP contribution in [0.1, 0.15) is 42.6 Å². The van der Waals surface area contributed by atoms with Gasteiger partial charge in [0.15, 0.2) is 11.5 Å². The molecule has 2 aromatic heterocycles. The molecule has 0 amide bonds. The Labute approximate surface area is 89.5 Å². The van der Waals surface area contributed by atoms with Crippen LogP contribution < -0.4 is 0 Å². The first-order valence-corrected chi connectivity index (χ1v) is 5.25. The molecule has 3 nitrogen and oxygen atoms in total. The molecule has 0 bridgehead atoms. The van der Waals surface area contributed by atoms with Gasteiger partial charge in [-0.25, -0.2) is 4.98 Å². The Balaban J connectivity index is 2.80. The van der Waals surface area contributed by atoms with Crippen molar-refractivity contribution in [2.45, 2.75) is 40.5 Å². The number of nitrogens with zero attached hydrogens (tertiary/aromatic N) is 2. The molecule has 2 rings (SSSR count). The topological polar surface area (TPSA) is 38.9 Å². The molecular weight excluding hydrogens is 188 g/mol. The molecule has 0 saturated heterocycles. The molecule has 0 atom stereocenters. The van der Waals surface area contributed by atoms with E-state index in [9.17, 15) is 0 Å². The van der Waals surface area contributed by atoms with Crippen molar-refractivity contribution in [1.82, 2.24) is 9.97 Å². The average molecular weight is 204 g/mol. The number of fused-ring (bicyclic) bond motifs is 1. The number of hydrogen-bond donors (Lipinski definition) is 0. The second-order valence-electron chi connectivity index (χ2n) is 4.29. The van der Waals surface area contributed by atoms with E-state index in [0.29, 0.717) is 5.92 Å². The van der Waals surface area contributed by atoms with Crippen molar-refractivity contribution in [2.24, 2.45) is 0 Å². The van der Waals surface area contributed by atoms with Crippen molar-refractivity contribution in [3.8, 4) is 0 Å². The Morgan fingerprint density at radius 3 is 2.27 bits per heavy atom. The van der Waals surface area contributed by atoms with E-state index < -0.39 is 0 Å². The molecule has 0 aromatic carbocycles. The summed E-state index contributed by atoms with van der Waals surface area (Å²) < 4.78 is 5.72. The van der Waals surface area contributed by atoms with E-state index >= 15 is 0 Å².